The highest BCUT2D eigenvalue weighted by Gasteiger charge is 1.98. The third-order valence-electron chi connectivity index (χ3n) is 0.995. The van der Waals surface area contributed by atoms with Crippen molar-refractivity contribution >= 4 is 27.3 Å². The monoisotopic (exact) mass is 220 g/mol. The first-order chi connectivity index (χ1) is 4.68. The Morgan fingerprint density at radius 1 is 1.70 bits per heavy atom. The number of rotatable bonds is 2. The summed E-state index contributed by atoms with van der Waals surface area (Å²) in [6.45, 7) is 3.18. The lowest BCUT2D eigenvalue weighted by Crippen LogP contribution is -1.75. The van der Waals surface area contributed by atoms with Gasteiger partial charge in [-0.3, -0.25) is 0 Å². The molecule has 1 heterocycles. The maximum Gasteiger partial charge on any atom is 0.0980 e. The normalized spacial score (nSPS) is 9.80. The van der Waals surface area contributed by atoms with Crippen LogP contribution in [0.25, 0.3) is 0 Å². The van der Waals surface area contributed by atoms with E-state index in [1.54, 1.807) is 0 Å². The molecule has 1 aromatic heterocycles. The van der Waals surface area contributed by atoms with Crippen LogP contribution in [0.2, 0.25) is 0 Å². The van der Waals surface area contributed by atoms with E-state index in [1.165, 1.54) is 11.3 Å². The summed E-state index contributed by atoms with van der Waals surface area (Å²) in [5, 5.41) is 0. The molecule has 0 bridgehead atoms. The second-order valence-corrected chi connectivity index (χ2v) is 4.45. The van der Waals surface area contributed by atoms with E-state index in [0.29, 0.717) is 6.42 Å². The highest BCUT2D eigenvalue weighted by Crippen LogP contribution is 2.23. The third kappa shape index (κ3) is 2.23. The average molecular weight is 221 g/mol. The highest BCUT2D eigenvalue weighted by atomic mass is 79.9. The van der Waals surface area contributed by atoms with Gasteiger partial charge in [-0.25, -0.2) is 4.39 Å². The first kappa shape index (κ1) is 7.95. The largest absolute Gasteiger partial charge is 0.212 e. The van der Waals surface area contributed by atoms with Crippen molar-refractivity contribution < 1.29 is 4.39 Å². The Hall–Kier alpha value is -0.150. The Morgan fingerprint density at radius 2 is 2.40 bits per heavy atom. The fourth-order valence-electron chi connectivity index (χ4n) is 0.636. The molecule has 0 amide bonds. The van der Waals surface area contributed by atoms with Crippen LogP contribution in [0, 0.1) is 0 Å². The standard InChI is InChI=1S/C7H6BrFS/c1-5(9)4-6-2-3-7(8)10-6/h2-3H,1,4H2. The lowest BCUT2D eigenvalue weighted by Gasteiger charge is -1.88. The van der Waals surface area contributed by atoms with Crippen LogP contribution in [0.15, 0.2) is 28.3 Å². The van der Waals surface area contributed by atoms with E-state index in [2.05, 4.69) is 22.5 Å². The lowest BCUT2D eigenvalue weighted by atomic mass is 10.3. The van der Waals surface area contributed by atoms with Gasteiger partial charge in [-0.05, 0) is 28.1 Å². The smallest absolute Gasteiger partial charge is 0.0980 e. The molecule has 0 saturated heterocycles. The Kier molecular flexibility index (Phi) is 2.63. The Labute approximate surface area is 71.5 Å². The average Bonchev–Trinajstić information content (AvgIpc) is 2.13. The summed E-state index contributed by atoms with van der Waals surface area (Å²) in [5.41, 5.74) is 0. The van der Waals surface area contributed by atoms with Gasteiger partial charge in [0.25, 0.3) is 0 Å². The number of allylic oxidation sites excluding steroid dienone is 1. The summed E-state index contributed by atoms with van der Waals surface area (Å²) in [6, 6.07) is 3.79. The first-order valence-corrected chi connectivity index (χ1v) is 4.37. The molecule has 0 aromatic carbocycles. The molecule has 54 valence electrons. The van der Waals surface area contributed by atoms with E-state index >= 15 is 0 Å². The zero-order valence-electron chi connectivity index (χ0n) is 5.23. The molecule has 0 nitrogen and oxygen atoms in total. The summed E-state index contributed by atoms with van der Waals surface area (Å²) < 4.78 is 13.2. The fraction of sp³-hybridized carbons (Fsp3) is 0.143. The van der Waals surface area contributed by atoms with Gasteiger partial charge in [0.05, 0.1) is 9.61 Å². The predicted molar refractivity (Wildman–Crippen MR) is 46.0 cm³/mol. The van der Waals surface area contributed by atoms with Crippen LogP contribution in [-0.2, 0) is 6.42 Å². The molecular formula is C7H6BrFS. The van der Waals surface area contributed by atoms with Gasteiger partial charge in [-0.2, -0.15) is 0 Å². The molecule has 0 spiro atoms. The number of hydrogen-bond donors (Lipinski definition) is 0. The Morgan fingerprint density at radius 3 is 2.80 bits per heavy atom. The second-order valence-electron chi connectivity index (χ2n) is 1.90. The molecule has 1 aromatic rings. The molecule has 0 aliphatic carbocycles. The van der Waals surface area contributed by atoms with Gasteiger partial charge in [-0.15, -0.1) is 11.3 Å². The van der Waals surface area contributed by atoms with Gasteiger partial charge >= 0.3 is 0 Å². The van der Waals surface area contributed by atoms with Crippen LogP contribution >= 0.6 is 27.3 Å². The maximum absolute atomic E-state index is 12.2. The van der Waals surface area contributed by atoms with Crippen LogP contribution in [0.1, 0.15) is 4.88 Å². The van der Waals surface area contributed by atoms with Crippen molar-refractivity contribution in [3.05, 3.63) is 33.2 Å². The quantitative estimate of drug-likeness (QED) is 0.716. The van der Waals surface area contributed by atoms with E-state index in [0.717, 1.165) is 8.66 Å². The van der Waals surface area contributed by atoms with E-state index < -0.39 is 0 Å². The molecule has 3 heteroatoms. The van der Waals surface area contributed by atoms with Gasteiger partial charge in [0, 0.05) is 11.3 Å². The minimum atomic E-state index is -0.283. The molecule has 0 radical (unpaired) electrons. The summed E-state index contributed by atoms with van der Waals surface area (Å²) in [5.74, 6) is -0.283. The van der Waals surface area contributed by atoms with Gasteiger partial charge in [0.2, 0.25) is 0 Å². The van der Waals surface area contributed by atoms with Crippen LogP contribution in [0.5, 0.6) is 0 Å². The Bertz CT molecular complexity index is 242. The molecule has 0 saturated carbocycles. The number of halogens is 2. The van der Waals surface area contributed by atoms with Crippen molar-refractivity contribution in [3.8, 4) is 0 Å². The first-order valence-electron chi connectivity index (χ1n) is 2.76. The van der Waals surface area contributed by atoms with Crippen LogP contribution in [-0.4, -0.2) is 0 Å². The van der Waals surface area contributed by atoms with Crippen LogP contribution in [0.4, 0.5) is 4.39 Å². The molecule has 0 aliphatic heterocycles. The summed E-state index contributed by atoms with van der Waals surface area (Å²) >= 11 is 4.82. The molecular weight excluding hydrogens is 215 g/mol. The van der Waals surface area contributed by atoms with E-state index in [4.69, 9.17) is 0 Å². The van der Waals surface area contributed by atoms with Crippen molar-refractivity contribution in [2.24, 2.45) is 0 Å². The minimum absolute atomic E-state index is 0.283. The van der Waals surface area contributed by atoms with Gasteiger partial charge < -0.3 is 0 Å². The summed E-state index contributed by atoms with van der Waals surface area (Å²) in [7, 11) is 0. The van der Waals surface area contributed by atoms with E-state index in [9.17, 15) is 4.39 Å². The molecule has 0 aliphatic rings. The van der Waals surface area contributed by atoms with Crippen LogP contribution in [0.3, 0.4) is 0 Å². The third-order valence-corrected chi connectivity index (χ3v) is 2.62. The van der Waals surface area contributed by atoms with Crippen LogP contribution < -0.4 is 0 Å². The molecule has 1 rings (SSSR count). The van der Waals surface area contributed by atoms with Crippen molar-refractivity contribution in [2.75, 3.05) is 0 Å². The summed E-state index contributed by atoms with van der Waals surface area (Å²) in [4.78, 5) is 0.999. The maximum atomic E-state index is 12.2. The molecule has 0 unspecified atom stereocenters. The van der Waals surface area contributed by atoms with Crippen molar-refractivity contribution in [1.29, 1.82) is 0 Å². The highest BCUT2D eigenvalue weighted by molar-refractivity contribution is 9.11. The van der Waals surface area contributed by atoms with E-state index in [-0.39, 0.29) is 5.83 Å². The number of hydrogen-bond acceptors (Lipinski definition) is 1. The minimum Gasteiger partial charge on any atom is -0.212 e. The van der Waals surface area contributed by atoms with E-state index in [1.807, 2.05) is 12.1 Å². The zero-order chi connectivity index (χ0) is 7.56. The predicted octanol–water partition coefficient (Wildman–Crippen LogP) is 3.54. The fourth-order valence-corrected chi connectivity index (χ4v) is 2.14. The summed E-state index contributed by atoms with van der Waals surface area (Å²) in [6.07, 6.45) is 0.344. The lowest BCUT2D eigenvalue weighted by molar-refractivity contribution is 0.619. The number of thiophene rings is 1. The second kappa shape index (κ2) is 3.30. The zero-order valence-corrected chi connectivity index (χ0v) is 7.64. The van der Waals surface area contributed by atoms with Crippen molar-refractivity contribution in [1.82, 2.24) is 0 Å². The van der Waals surface area contributed by atoms with Gasteiger partial charge in [-0.1, -0.05) is 6.58 Å². The molecule has 0 N–H and O–H groups in total. The van der Waals surface area contributed by atoms with Gasteiger partial charge in [0.15, 0.2) is 0 Å². The molecule has 10 heavy (non-hydrogen) atoms. The topological polar surface area (TPSA) is 0 Å². The van der Waals surface area contributed by atoms with Crippen molar-refractivity contribution in [3.63, 3.8) is 0 Å². The Balaban J connectivity index is 2.67. The SMILES string of the molecule is C=C(F)Cc1ccc(Br)s1. The molecule has 0 atom stereocenters. The van der Waals surface area contributed by atoms with Crippen molar-refractivity contribution in [2.45, 2.75) is 6.42 Å². The molecule has 0 fully saturated rings. The van der Waals surface area contributed by atoms with Gasteiger partial charge in [0.1, 0.15) is 0 Å².